The topological polar surface area (TPSA) is 48.1 Å². The Morgan fingerprint density at radius 1 is 1.29 bits per heavy atom. The average molecular weight is 234 g/mol. The van der Waals surface area contributed by atoms with Crippen LogP contribution in [0.25, 0.3) is 0 Å². The van der Waals surface area contributed by atoms with E-state index in [1.165, 1.54) is 24.8 Å². The van der Waals surface area contributed by atoms with Crippen molar-refractivity contribution in [3.8, 4) is 0 Å². The van der Waals surface area contributed by atoms with Gasteiger partial charge in [-0.3, -0.25) is 4.98 Å². The molecule has 0 radical (unpaired) electrons. The first-order valence-corrected chi connectivity index (χ1v) is 6.53. The zero-order valence-electron chi connectivity index (χ0n) is 10.6. The lowest BCUT2D eigenvalue weighted by molar-refractivity contribution is 0.0193. The summed E-state index contributed by atoms with van der Waals surface area (Å²) in [4.78, 5) is 4.17. The van der Waals surface area contributed by atoms with Gasteiger partial charge in [-0.25, -0.2) is 0 Å². The minimum Gasteiger partial charge on any atom is -0.372 e. The molecule has 2 unspecified atom stereocenters. The number of aromatic nitrogens is 1. The number of rotatable bonds is 3. The summed E-state index contributed by atoms with van der Waals surface area (Å²) in [5, 5.41) is 0. The van der Waals surface area contributed by atoms with Crippen LogP contribution in [0.2, 0.25) is 0 Å². The maximum atomic E-state index is 6.13. The van der Waals surface area contributed by atoms with E-state index in [2.05, 4.69) is 11.1 Å². The molecule has 3 heteroatoms. The predicted molar refractivity (Wildman–Crippen MR) is 68.6 cm³/mol. The van der Waals surface area contributed by atoms with Crippen molar-refractivity contribution < 1.29 is 4.74 Å². The van der Waals surface area contributed by atoms with E-state index in [0.29, 0.717) is 6.61 Å². The zero-order chi connectivity index (χ0) is 12.1. The molecule has 0 bridgehead atoms. The van der Waals surface area contributed by atoms with E-state index < -0.39 is 0 Å². The summed E-state index contributed by atoms with van der Waals surface area (Å²) in [6, 6.07) is 2.32. The number of pyridine rings is 1. The van der Waals surface area contributed by atoms with Gasteiger partial charge in [-0.2, -0.15) is 0 Å². The summed E-state index contributed by atoms with van der Waals surface area (Å²) < 4.78 is 5.95. The van der Waals surface area contributed by atoms with Crippen molar-refractivity contribution in [2.24, 2.45) is 5.73 Å². The molecule has 0 aliphatic heterocycles. The quantitative estimate of drug-likeness (QED) is 0.818. The maximum absolute atomic E-state index is 6.13. The van der Waals surface area contributed by atoms with E-state index in [-0.39, 0.29) is 12.1 Å². The van der Waals surface area contributed by atoms with Gasteiger partial charge < -0.3 is 10.5 Å². The Bertz CT molecular complexity index is 354. The van der Waals surface area contributed by atoms with Gasteiger partial charge >= 0.3 is 0 Å². The van der Waals surface area contributed by atoms with Crippen molar-refractivity contribution in [2.75, 3.05) is 0 Å². The van der Waals surface area contributed by atoms with Crippen LogP contribution in [-0.2, 0) is 11.3 Å². The van der Waals surface area contributed by atoms with Crippen LogP contribution >= 0.6 is 0 Å². The molecule has 1 aromatic rings. The molecule has 0 aromatic carbocycles. The Morgan fingerprint density at radius 3 is 2.94 bits per heavy atom. The molecule has 2 rings (SSSR count). The van der Waals surface area contributed by atoms with E-state index in [9.17, 15) is 0 Å². The van der Waals surface area contributed by atoms with Crippen LogP contribution in [0.15, 0.2) is 18.5 Å². The van der Waals surface area contributed by atoms with Gasteiger partial charge in [-0.05, 0) is 30.9 Å². The Balaban J connectivity index is 1.88. The van der Waals surface area contributed by atoms with E-state index in [4.69, 9.17) is 10.5 Å². The number of hydrogen-bond donors (Lipinski definition) is 1. The molecule has 1 aliphatic carbocycles. The molecule has 1 fully saturated rings. The zero-order valence-corrected chi connectivity index (χ0v) is 10.6. The lowest BCUT2D eigenvalue weighted by Crippen LogP contribution is -2.35. The molecule has 94 valence electrons. The van der Waals surface area contributed by atoms with Gasteiger partial charge in [0, 0.05) is 18.4 Å². The van der Waals surface area contributed by atoms with E-state index >= 15 is 0 Å². The van der Waals surface area contributed by atoms with Crippen molar-refractivity contribution in [1.29, 1.82) is 0 Å². The second-order valence-electron chi connectivity index (χ2n) is 5.02. The fourth-order valence-electron chi connectivity index (χ4n) is 2.41. The Morgan fingerprint density at radius 2 is 2.12 bits per heavy atom. The highest BCUT2D eigenvalue weighted by Crippen LogP contribution is 2.20. The van der Waals surface area contributed by atoms with Gasteiger partial charge in [0.15, 0.2) is 0 Å². The highest BCUT2D eigenvalue weighted by Gasteiger charge is 2.20. The van der Waals surface area contributed by atoms with Gasteiger partial charge in [0.1, 0.15) is 0 Å². The van der Waals surface area contributed by atoms with Crippen LogP contribution in [0.4, 0.5) is 0 Å². The summed E-state index contributed by atoms with van der Waals surface area (Å²) >= 11 is 0. The van der Waals surface area contributed by atoms with Gasteiger partial charge in [0.25, 0.3) is 0 Å². The fourth-order valence-corrected chi connectivity index (χ4v) is 2.41. The molecule has 0 spiro atoms. The van der Waals surface area contributed by atoms with Crippen LogP contribution < -0.4 is 5.73 Å². The van der Waals surface area contributed by atoms with E-state index in [0.717, 1.165) is 18.4 Å². The minimum absolute atomic E-state index is 0.204. The minimum atomic E-state index is 0.204. The largest absolute Gasteiger partial charge is 0.372 e. The molecule has 1 aliphatic rings. The van der Waals surface area contributed by atoms with Gasteiger partial charge in [0.2, 0.25) is 0 Å². The normalized spacial score (nSPS) is 25.5. The number of nitrogens with zero attached hydrogens (tertiary/aromatic N) is 1. The third kappa shape index (κ3) is 3.79. The monoisotopic (exact) mass is 234 g/mol. The number of ether oxygens (including phenoxy) is 1. The lowest BCUT2D eigenvalue weighted by Gasteiger charge is -2.21. The van der Waals surface area contributed by atoms with Crippen LogP contribution in [0.5, 0.6) is 0 Å². The fraction of sp³-hybridized carbons (Fsp3) is 0.643. The molecule has 1 saturated carbocycles. The van der Waals surface area contributed by atoms with Gasteiger partial charge in [0.05, 0.1) is 12.7 Å². The van der Waals surface area contributed by atoms with Gasteiger partial charge in [-0.15, -0.1) is 0 Å². The summed E-state index contributed by atoms with van der Waals surface area (Å²) in [6.45, 7) is 2.68. The van der Waals surface area contributed by atoms with E-state index in [1.807, 2.05) is 19.3 Å². The third-order valence-electron chi connectivity index (χ3n) is 3.40. The molecule has 0 amide bonds. The van der Waals surface area contributed by atoms with Crippen LogP contribution in [0, 0.1) is 6.92 Å². The summed E-state index contributed by atoms with van der Waals surface area (Å²) in [5.74, 6) is 0. The molecule has 1 aromatic heterocycles. The summed E-state index contributed by atoms with van der Waals surface area (Å²) in [7, 11) is 0. The van der Waals surface area contributed by atoms with Crippen molar-refractivity contribution in [1.82, 2.24) is 4.98 Å². The first-order valence-electron chi connectivity index (χ1n) is 6.53. The molecule has 2 atom stereocenters. The van der Waals surface area contributed by atoms with Crippen LogP contribution in [-0.4, -0.2) is 17.1 Å². The van der Waals surface area contributed by atoms with Crippen molar-refractivity contribution in [3.63, 3.8) is 0 Å². The summed E-state index contributed by atoms with van der Waals surface area (Å²) in [6.07, 6.45) is 9.92. The number of nitrogens with two attached hydrogens (primary N) is 1. The first kappa shape index (κ1) is 12.5. The SMILES string of the molecule is Cc1cncc(COC2CCCCCC2N)c1. The van der Waals surface area contributed by atoms with Crippen molar-refractivity contribution in [3.05, 3.63) is 29.6 Å². The summed E-state index contributed by atoms with van der Waals surface area (Å²) in [5.41, 5.74) is 8.45. The Hall–Kier alpha value is -0.930. The highest BCUT2D eigenvalue weighted by molar-refractivity contribution is 5.15. The molecular weight excluding hydrogens is 212 g/mol. The lowest BCUT2D eigenvalue weighted by atomic mass is 10.1. The number of hydrogen-bond acceptors (Lipinski definition) is 3. The molecule has 1 heterocycles. The van der Waals surface area contributed by atoms with Crippen molar-refractivity contribution >= 4 is 0 Å². The second-order valence-corrected chi connectivity index (χ2v) is 5.02. The molecule has 17 heavy (non-hydrogen) atoms. The first-order chi connectivity index (χ1) is 8.25. The Labute approximate surface area is 103 Å². The molecular formula is C14H22N2O. The maximum Gasteiger partial charge on any atom is 0.0736 e. The highest BCUT2D eigenvalue weighted by atomic mass is 16.5. The number of aryl methyl sites for hydroxylation is 1. The Kier molecular flexibility index (Phi) is 4.51. The van der Waals surface area contributed by atoms with Crippen LogP contribution in [0.1, 0.15) is 43.2 Å². The smallest absolute Gasteiger partial charge is 0.0736 e. The second kappa shape index (κ2) is 6.12. The molecule has 0 saturated heterocycles. The molecule has 2 N–H and O–H groups in total. The van der Waals surface area contributed by atoms with E-state index in [1.54, 1.807) is 0 Å². The predicted octanol–water partition coefficient (Wildman–Crippen LogP) is 2.57. The standard InChI is InChI=1S/C14H22N2O/c1-11-7-12(9-16-8-11)10-17-14-6-4-2-3-5-13(14)15/h7-9,13-14H,2-6,10,15H2,1H3. The van der Waals surface area contributed by atoms with Crippen LogP contribution in [0.3, 0.4) is 0 Å². The van der Waals surface area contributed by atoms with Gasteiger partial charge in [-0.1, -0.05) is 25.3 Å². The third-order valence-corrected chi connectivity index (χ3v) is 3.40. The average Bonchev–Trinajstić information content (AvgIpc) is 2.52. The van der Waals surface area contributed by atoms with Crippen molar-refractivity contribution in [2.45, 2.75) is 57.8 Å². The molecule has 3 nitrogen and oxygen atoms in total.